The van der Waals surface area contributed by atoms with Gasteiger partial charge < -0.3 is 9.30 Å². The van der Waals surface area contributed by atoms with Crippen molar-refractivity contribution in [3.8, 4) is 11.4 Å². The Labute approximate surface area is 164 Å². The van der Waals surface area contributed by atoms with Crippen molar-refractivity contribution in [2.24, 2.45) is 0 Å². The molecule has 1 aromatic heterocycles. The van der Waals surface area contributed by atoms with Gasteiger partial charge in [0, 0.05) is 42.1 Å². The summed E-state index contributed by atoms with van der Waals surface area (Å²) in [6.07, 6.45) is 5.24. The number of hydrogen-bond donors (Lipinski definition) is 0. The number of nitrogens with zero attached hydrogens (tertiary/aromatic N) is 3. The second-order valence-corrected chi connectivity index (χ2v) is 7.49. The van der Waals surface area contributed by atoms with Crippen LogP contribution in [0.5, 0.6) is 0 Å². The first-order valence-electron chi connectivity index (χ1n) is 9.46. The Hall–Kier alpha value is -2.12. The molecule has 1 heterocycles. The van der Waals surface area contributed by atoms with E-state index in [1.165, 1.54) is 11.8 Å². The van der Waals surface area contributed by atoms with Crippen molar-refractivity contribution in [2.45, 2.75) is 58.6 Å². The largest absolute Gasteiger partial charge is 0.379 e. The van der Waals surface area contributed by atoms with E-state index >= 15 is 0 Å². The highest BCUT2D eigenvalue weighted by Gasteiger charge is 2.20. The Balaban J connectivity index is 2.03. The molecule has 144 valence electrons. The number of rotatable bonds is 7. The van der Waals surface area contributed by atoms with Gasteiger partial charge in [-0.05, 0) is 46.0 Å². The monoisotopic (exact) mass is 387 g/mol. The molecule has 0 unspecified atom stereocenters. The van der Waals surface area contributed by atoms with Gasteiger partial charge in [-0.15, -0.1) is 0 Å². The fraction of sp³-hybridized carbons (Fsp3) is 0.500. The summed E-state index contributed by atoms with van der Waals surface area (Å²) in [6.45, 7) is 5.48. The molecule has 0 amide bonds. The predicted molar refractivity (Wildman–Crippen MR) is 107 cm³/mol. The van der Waals surface area contributed by atoms with Crippen LogP contribution in [0.4, 0.5) is 5.69 Å². The molecule has 0 fully saturated rings. The van der Waals surface area contributed by atoms with Gasteiger partial charge in [0.15, 0.2) is 0 Å². The number of nitro groups is 1. The van der Waals surface area contributed by atoms with Crippen molar-refractivity contribution >= 4 is 17.9 Å². The van der Waals surface area contributed by atoms with Crippen LogP contribution in [-0.2, 0) is 24.1 Å². The minimum atomic E-state index is -0.378. The Bertz CT molecular complexity index is 893. The molecular formula is C20H25N3O3S. The van der Waals surface area contributed by atoms with Crippen molar-refractivity contribution in [3.05, 3.63) is 50.3 Å². The molecular weight excluding hydrogens is 362 g/mol. The van der Waals surface area contributed by atoms with Crippen LogP contribution in [-0.4, -0.2) is 27.2 Å². The molecule has 1 aliphatic carbocycles. The molecule has 1 aliphatic rings. The molecule has 27 heavy (non-hydrogen) atoms. The fourth-order valence-electron chi connectivity index (χ4n) is 3.53. The molecule has 7 heteroatoms. The molecule has 0 saturated heterocycles. The fourth-order valence-corrected chi connectivity index (χ4v) is 3.84. The lowest BCUT2D eigenvalue weighted by Gasteiger charge is -2.24. The SMILES string of the molecule is CC(C)OCCCn1c(-c2cccc([N+](=O)[O-])c2)nc(=S)c2c1CCCC2. The standard InChI is InChI=1S/C20H25N3O3S/c1-14(2)26-12-6-11-22-18-10-4-3-9-17(18)20(27)21-19(22)15-7-5-8-16(13-15)23(24)25/h5,7-8,13-14H,3-4,6,9-12H2,1-2H3. The maximum atomic E-state index is 11.2. The minimum Gasteiger partial charge on any atom is -0.379 e. The third-order valence-electron chi connectivity index (χ3n) is 4.78. The van der Waals surface area contributed by atoms with Crippen LogP contribution < -0.4 is 0 Å². The number of non-ortho nitro benzene ring substituents is 1. The molecule has 0 N–H and O–H groups in total. The van der Waals surface area contributed by atoms with Gasteiger partial charge in [-0.1, -0.05) is 24.4 Å². The van der Waals surface area contributed by atoms with Gasteiger partial charge in [0.2, 0.25) is 0 Å². The second kappa shape index (κ2) is 8.71. The summed E-state index contributed by atoms with van der Waals surface area (Å²) in [7, 11) is 0. The van der Waals surface area contributed by atoms with E-state index in [-0.39, 0.29) is 16.7 Å². The van der Waals surface area contributed by atoms with Gasteiger partial charge >= 0.3 is 0 Å². The van der Waals surface area contributed by atoms with E-state index in [2.05, 4.69) is 9.55 Å². The van der Waals surface area contributed by atoms with Crippen LogP contribution >= 0.6 is 12.2 Å². The van der Waals surface area contributed by atoms with Gasteiger partial charge in [-0.2, -0.15) is 0 Å². The minimum absolute atomic E-state index is 0.0626. The normalized spacial score (nSPS) is 13.6. The van der Waals surface area contributed by atoms with Crippen molar-refractivity contribution in [1.82, 2.24) is 9.55 Å². The average Bonchev–Trinajstić information content (AvgIpc) is 2.66. The molecule has 0 saturated carbocycles. The number of ether oxygens (including phenoxy) is 1. The Kier molecular flexibility index (Phi) is 6.34. The zero-order valence-electron chi connectivity index (χ0n) is 15.8. The molecule has 0 atom stereocenters. The molecule has 0 bridgehead atoms. The van der Waals surface area contributed by atoms with Crippen LogP contribution in [0.25, 0.3) is 11.4 Å². The van der Waals surface area contributed by atoms with E-state index in [1.54, 1.807) is 12.1 Å². The topological polar surface area (TPSA) is 70.2 Å². The van der Waals surface area contributed by atoms with Crippen LogP contribution in [0.3, 0.4) is 0 Å². The van der Waals surface area contributed by atoms with E-state index in [0.717, 1.165) is 49.8 Å². The first-order valence-corrected chi connectivity index (χ1v) is 9.87. The molecule has 0 aliphatic heterocycles. The van der Waals surface area contributed by atoms with Crippen molar-refractivity contribution in [1.29, 1.82) is 0 Å². The third kappa shape index (κ3) is 4.59. The quantitative estimate of drug-likeness (QED) is 0.293. The Morgan fingerprint density at radius 3 is 2.85 bits per heavy atom. The maximum absolute atomic E-state index is 11.2. The van der Waals surface area contributed by atoms with Gasteiger partial charge in [-0.3, -0.25) is 10.1 Å². The molecule has 2 aromatic rings. The van der Waals surface area contributed by atoms with Gasteiger partial charge in [0.25, 0.3) is 5.69 Å². The van der Waals surface area contributed by atoms with E-state index < -0.39 is 0 Å². The predicted octanol–water partition coefficient (Wildman–Crippen LogP) is 4.88. The summed E-state index contributed by atoms with van der Waals surface area (Å²) < 4.78 is 8.51. The van der Waals surface area contributed by atoms with Crippen molar-refractivity contribution < 1.29 is 9.66 Å². The molecule has 3 rings (SSSR count). The first-order chi connectivity index (χ1) is 13.0. The zero-order chi connectivity index (χ0) is 19.4. The van der Waals surface area contributed by atoms with Crippen molar-refractivity contribution in [2.75, 3.05) is 6.61 Å². The van der Waals surface area contributed by atoms with E-state index in [0.29, 0.717) is 17.1 Å². The third-order valence-corrected chi connectivity index (χ3v) is 5.12. The zero-order valence-corrected chi connectivity index (χ0v) is 16.6. The summed E-state index contributed by atoms with van der Waals surface area (Å²) in [5.41, 5.74) is 3.18. The highest BCUT2D eigenvalue weighted by Crippen LogP contribution is 2.29. The first kappa shape index (κ1) is 19.6. The summed E-state index contributed by atoms with van der Waals surface area (Å²) in [6, 6.07) is 6.63. The summed E-state index contributed by atoms with van der Waals surface area (Å²) in [5, 5.41) is 11.2. The lowest BCUT2D eigenvalue weighted by Crippen LogP contribution is -2.19. The lowest BCUT2D eigenvalue weighted by molar-refractivity contribution is -0.384. The molecule has 0 spiro atoms. The number of aromatic nitrogens is 2. The highest BCUT2D eigenvalue weighted by atomic mass is 32.1. The van der Waals surface area contributed by atoms with Gasteiger partial charge in [-0.25, -0.2) is 4.98 Å². The number of nitro benzene ring substituents is 1. The number of benzene rings is 1. The van der Waals surface area contributed by atoms with Crippen molar-refractivity contribution in [3.63, 3.8) is 0 Å². The summed E-state index contributed by atoms with van der Waals surface area (Å²) in [4.78, 5) is 15.5. The van der Waals surface area contributed by atoms with E-state index in [1.807, 2.05) is 19.9 Å². The molecule has 0 radical (unpaired) electrons. The Morgan fingerprint density at radius 2 is 2.11 bits per heavy atom. The summed E-state index contributed by atoms with van der Waals surface area (Å²) in [5.74, 6) is 0.717. The highest BCUT2D eigenvalue weighted by molar-refractivity contribution is 7.71. The van der Waals surface area contributed by atoms with Gasteiger partial charge in [0.05, 0.1) is 11.0 Å². The van der Waals surface area contributed by atoms with Gasteiger partial charge in [0.1, 0.15) is 10.5 Å². The molecule has 6 nitrogen and oxygen atoms in total. The molecule has 1 aromatic carbocycles. The lowest BCUT2D eigenvalue weighted by atomic mass is 9.96. The van der Waals surface area contributed by atoms with Crippen LogP contribution in [0.1, 0.15) is 44.4 Å². The number of fused-ring (bicyclic) bond motifs is 1. The van der Waals surface area contributed by atoms with Crippen LogP contribution in [0.15, 0.2) is 24.3 Å². The maximum Gasteiger partial charge on any atom is 0.270 e. The van der Waals surface area contributed by atoms with E-state index in [4.69, 9.17) is 17.0 Å². The van der Waals surface area contributed by atoms with Crippen LogP contribution in [0, 0.1) is 14.8 Å². The average molecular weight is 388 g/mol. The smallest absolute Gasteiger partial charge is 0.270 e. The van der Waals surface area contributed by atoms with E-state index in [9.17, 15) is 10.1 Å². The van der Waals surface area contributed by atoms with Crippen LogP contribution in [0.2, 0.25) is 0 Å². The summed E-state index contributed by atoms with van der Waals surface area (Å²) >= 11 is 5.56. The second-order valence-electron chi connectivity index (χ2n) is 7.11. The number of hydrogen-bond acceptors (Lipinski definition) is 5. The Morgan fingerprint density at radius 1 is 1.33 bits per heavy atom.